The minimum atomic E-state index is -1.05. The van der Waals surface area contributed by atoms with Gasteiger partial charge in [0.1, 0.15) is 6.54 Å². The van der Waals surface area contributed by atoms with Crippen molar-refractivity contribution < 1.29 is 28.7 Å². The highest BCUT2D eigenvalue weighted by Gasteiger charge is 2.45. The smallest absolute Gasteiger partial charge is 0.339 e. The first kappa shape index (κ1) is 19.1. The molecule has 0 aliphatic carbocycles. The summed E-state index contributed by atoms with van der Waals surface area (Å²) in [7, 11) is 1.21. The molecular weight excluding hydrogens is 342 g/mol. The minimum absolute atomic E-state index is 0.0172. The average Bonchev–Trinajstić information content (AvgIpc) is 2.79. The number of nitrogens with zero attached hydrogens (tertiary/aromatic N) is 2. The second kappa shape index (κ2) is 7.77. The molecule has 1 aliphatic rings. The van der Waals surface area contributed by atoms with Gasteiger partial charge in [-0.1, -0.05) is 26.0 Å². The third kappa shape index (κ3) is 3.88. The number of imide groups is 2. The number of urea groups is 1. The van der Waals surface area contributed by atoms with Crippen LogP contribution in [-0.4, -0.2) is 59.7 Å². The zero-order valence-electron chi connectivity index (χ0n) is 14.6. The molecule has 0 bridgehead atoms. The van der Waals surface area contributed by atoms with E-state index in [1.165, 1.54) is 19.2 Å². The van der Waals surface area contributed by atoms with Crippen LogP contribution in [0, 0.1) is 5.92 Å². The number of anilines is 1. The Morgan fingerprint density at radius 3 is 2.31 bits per heavy atom. The van der Waals surface area contributed by atoms with Gasteiger partial charge in [0.05, 0.1) is 18.4 Å². The number of para-hydroxylation sites is 1. The fourth-order valence-electron chi connectivity index (χ4n) is 2.43. The van der Waals surface area contributed by atoms with E-state index < -0.39 is 36.3 Å². The predicted octanol–water partition coefficient (Wildman–Crippen LogP) is 0.859. The number of esters is 1. The van der Waals surface area contributed by atoms with Crippen LogP contribution in [0.5, 0.6) is 0 Å². The SMILES string of the molecule is COC(=O)c1ccccc1NC(=O)CN1C(=O)C(=O)N(CC(C)C)C1=O. The van der Waals surface area contributed by atoms with Crippen molar-refractivity contribution in [1.29, 1.82) is 0 Å². The summed E-state index contributed by atoms with van der Waals surface area (Å²) >= 11 is 0. The Labute approximate surface area is 149 Å². The van der Waals surface area contributed by atoms with Crippen molar-refractivity contribution in [3.63, 3.8) is 0 Å². The van der Waals surface area contributed by atoms with E-state index in [1.54, 1.807) is 26.0 Å². The lowest BCUT2D eigenvalue weighted by Gasteiger charge is -2.17. The van der Waals surface area contributed by atoms with Crippen molar-refractivity contribution in [2.45, 2.75) is 13.8 Å². The van der Waals surface area contributed by atoms with Gasteiger partial charge in [-0.15, -0.1) is 0 Å². The molecular formula is C17H19N3O6. The number of nitrogens with one attached hydrogen (secondary N) is 1. The van der Waals surface area contributed by atoms with Crippen LogP contribution in [0.15, 0.2) is 24.3 Å². The van der Waals surface area contributed by atoms with Crippen LogP contribution in [0.4, 0.5) is 10.5 Å². The molecule has 138 valence electrons. The first-order chi connectivity index (χ1) is 12.3. The van der Waals surface area contributed by atoms with Crippen LogP contribution in [0.25, 0.3) is 0 Å². The van der Waals surface area contributed by atoms with Gasteiger partial charge >= 0.3 is 23.8 Å². The van der Waals surface area contributed by atoms with Crippen molar-refractivity contribution >= 4 is 35.4 Å². The van der Waals surface area contributed by atoms with Gasteiger partial charge in [-0.2, -0.15) is 0 Å². The van der Waals surface area contributed by atoms with Crippen LogP contribution >= 0.6 is 0 Å². The molecule has 5 amide bonds. The number of carbonyl (C=O) groups is 5. The lowest BCUT2D eigenvalue weighted by Crippen LogP contribution is -2.39. The van der Waals surface area contributed by atoms with Gasteiger partial charge in [0.2, 0.25) is 5.91 Å². The van der Waals surface area contributed by atoms with Gasteiger partial charge in [0.25, 0.3) is 0 Å². The fraction of sp³-hybridized carbons (Fsp3) is 0.353. The van der Waals surface area contributed by atoms with E-state index in [2.05, 4.69) is 10.1 Å². The quantitative estimate of drug-likeness (QED) is 0.457. The van der Waals surface area contributed by atoms with E-state index in [-0.39, 0.29) is 23.7 Å². The highest BCUT2D eigenvalue weighted by molar-refractivity contribution is 6.45. The van der Waals surface area contributed by atoms with Crippen molar-refractivity contribution in [2.24, 2.45) is 5.92 Å². The molecule has 1 aromatic rings. The van der Waals surface area contributed by atoms with E-state index in [4.69, 9.17) is 0 Å². The second-order valence-electron chi connectivity index (χ2n) is 6.07. The Kier molecular flexibility index (Phi) is 5.71. The molecule has 0 unspecified atom stereocenters. The summed E-state index contributed by atoms with van der Waals surface area (Å²) in [4.78, 5) is 61.4. The zero-order valence-corrected chi connectivity index (χ0v) is 14.6. The largest absolute Gasteiger partial charge is 0.465 e. The second-order valence-corrected chi connectivity index (χ2v) is 6.07. The number of methoxy groups -OCH3 is 1. The monoisotopic (exact) mass is 361 g/mol. The number of ether oxygens (including phenoxy) is 1. The summed E-state index contributed by atoms with van der Waals surface area (Å²) in [5.74, 6) is -3.38. The topological polar surface area (TPSA) is 113 Å². The number of hydrogen-bond donors (Lipinski definition) is 1. The molecule has 9 nitrogen and oxygen atoms in total. The first-order valence-corrected chi connectivity index (χ1v) is 7.90. The number of rotatable bonds is 6. The van der Waals surface area contributed by atoms with Crippen LogP contribution in [0.3, 0.4) is 0 Å². The van der Waals surface area contributed by atoms with E-state index in [0.717, 1.165) is 4.90 Å². The van der Waals surface area contributed by atoms with E-state index in [1.807, 2.05) is 0 Å². The number of amides is 5. The van der Waals surface area contributed by atoms with Gasteiger partial charge < -0.3 is 10.1 Å². The molecule has 2 rings (SSSR count). The minimum Gasteiger partial charge on any atom is -0.465 e. The average molecular weight is 361 g/mol. The number of carbonyl (C=O) groups excluding carboxylic acids is 5. The summed E-state index contributed by atoms with van der Waals surface area (Å²) in [6.07, 6.45) is 0. The summed E-state index contributed by atoms with van der Waals surface area (Å²) in [5.41, 5.74) is 0.300. The van der Waals surface area contributed by atoms with Gasteiger partial charge in [0, 0.05) is 6.54 Å². The lowest BCUT2D eigenvalue weighted by molar-refractivity contribution is -0.143. The normalized spacial score (nSPS) is 14.2. The maximum absolute atomic E-state index is 12.2. The van der Waals surface area contributed by atoms with Crippen LogP contribution in [-0.2, 0) is 19.1 Å². The number of benzene rings is 1. The third-order valence-corrected chi connectivity index (χ3v) is 3.59. The van der Waals surface area contributed by atoms with E-state index >= 15 is 0 Å². The number of hydrogen-bond acceptors (Lipinski definition) is 6. The molecule has 26 heavy (non-hydrogen) atoms. The highest BCUT2D eigenvalue weighted by Crippen LogP contribution is 2.17. The van der Waals surface area contributed by atoms with Gasteiger partial charge in [-0.05, 0) is 18.1 Å². The maximum atomic E-state index is 12.2. The molecule has 0 aromatic heterocycles. The molecule has 1 heterocycles. The fourth-order valence-corrected chi connectivity index (χ4v) is 2.43. The Bertz CT molecular complexity index is 774. The summed E-state index contributed by atoms with van der Waals surface area (Å²) in [6.45, 7) is 3.05. The van der Waals surface area contributed by atoms with Crippen LogP contribution in [0.2, 0.25) is 0 Å². The molecule has 9 heteroatoms. The van der Waals surface area contributed by atoms with E-state index in [9.17, 15) is 24.0 Å². The molecule has 0 atom stereocenters. The van der Waals surface area contributed by atoms with Gasteiger partial charge in [-0.3, -0.25) is 19.3 Å². The summed E-state index contributed by atoms with van der Waals surface area (Å²) in [5, 5.41) is 2.45. The van der Waals surface area contributed by atoms with Crippen molar-refractivity contribution in [2.75, 3.05) is 25.5 Å². The lowest BCUT2D eigenvalue weighted by atomic mass is 10.2. The van der Waals surface area contributed by atoms with Gasteiger partial charge in [0.15, 0.2) is 0 Å². The molecule has 0 saturated carbocycles. The molecule has 0 spiro atoms. The maximum Gasteiger partial charge on any atom is 0.339 e. The predicted molar refractivity (Wildman–Crippen MR) is 90.1 cm³/mol. The molecule has 1 aromatic carbocycles. The van der Waals surface area contributed by atoms with E-state index in [0.29, 0.717) is 4.90 Å². The van der Waals surface area contributed by atoms with Crippen molar-refractivity contribution in [1.82, 2.24) is 9.80 Å². The Balaban J connectivity index is 2.11. The summed E-state index contributed by atoms with van der Waals surface area (Å²) < 4.78 is 4.63. The zero-order chi connectivity index (χ0) is 19.4. The molecule has 1 saturated heterocycles. The van der Waals surface area contributed by atoms with Crippen molar-refractivity contribution in [3.8, 4) is 0 Å². The standard InChI is InChI=1S/C17H19N3O6/c1-10(2)8-19-14(22)15(23)20(17(19)25)9-13(21)18-12-7-5-4-6-11(12)16(24)26-3/h4-7,10H,8-9H2,1-3H3,(H,18,21). The Morgan fingerprint density at radius 1 is 1.08 bits per heavy atom. The third-order valence-electron chi connectivity index (χ3n) is 3.59. The van der Waals surface area contributed by atoms with Crippen molar-refractivity contribution in [3.05, 3.63) is 29.8 Å². The molecule has 1 aliphatic heterocycles. The van der Waals surface area contributed by atoms with Gasteiger partial charge in [-0.25, -0.2) is 14.5 Å². The Morgan fingerprint density at radius 2 is 1.69 bits per heavy atom. The van der Waals surface area contributed by atoms with Crippen LogP contribution in [0.1, 0.15) is 24.2 Å². The first-order valence-electron chi connectivity index (χ1n) is 7.90. The Hall–Kier alpha value is -3.23. The molecule has 1 N–H and O–H groups in total. The molecule has 0 radical (unpaired) electrons. The summed E-state index contributed by atoms with van der Waals surface area (Å²) in [6, 6.07) is 5.31. The van der Waals surface area contributed by atoms with Crippen LogP contribution < -0.4 is 5.32 Å². The molecule has 1 fully saturated rings. The highest BCUT2D eigenvalue weighted by atomic mass is 16.5.